The molecule has 31 heavy (non-hydrogen) atoms. The first kappa shape index (κ1) is 22.4. The van der Waals surface area contributed by atoms with Gasteiger partial charge in [0.25, 0.3) is 11.8 Å². The van der Waals surface area contributed by atoms with E-state index in [1.807, 2.05) is 13.8 Å². The van der Waals surface area contributed by atoms with Gasteiger partial charge in [0.1, 0.15) is 11.3 Å². The monoisotopic (exact) mass is 488 g/mol. The number of phenols is 1. The second kappa shape index (κ2) is 9.65. The van der Waals surface area contributed by atoms with Crippen LogP contribution in [0.5, 0.6) is 17.2 Å². The largest absolute Gasteiger partial charge is 0.508 e. The van der Waals surface area contributed by atoms with Crippen LogP contribution in [0.2, 0.25) is 0 Å². The van der Waals surface area contributed by atoms with Crippen molar-refractivity contribution in [2.24, 2.45) is 0 Å². The summed E-state index contributed by atoms with van der Waals surface area (Å²) in [5.41, 5.74) is 0.500. The summed E-state index contributed by atoms with van der Waals surface area (Å²) in [6, 6.07) is 8.00. The third kappa shape index (κ3) is 4.88. The normalized spacial score (nSPS) is 15.3. The van der Waals surface area contributed by atoms with Gasteiger partial charge in [-0.1, -0.05) is 22.9 Å². The second-order valence-corrected chi connectivity index (χ2v) is 7.43. The highest BCUT2D eigenvalue weighted by atomic mass is 79.9. The molecule has 0 saturated carbocycles. The number of hydrogen-bond acceptors (Lipinski definition) is 6. The van der Waals surface area contributed by atoms with Crippen LogP contribution in [0, 0.1) is 0 Å². The zero-order chi connectivity index (χ0) is 22.5. The molecule has 0 atom stereocenters. The number of rotatable bonds is 7. The number of anilines is 1. The van der Waals surface area contributed by atoms with Crippen molar-refractivity contribution in [2.75, 3.05) is 18.1 Å². The van der Waals surface area contributed by atoms with Crippen LogP contribution in [0.15, 0.2) is 46.4 Å². The van der Waals surface area contributed by atoms with E-state index in [9.17, 15) is 19.5 Å². The summed E-state index contributed by atoms with van der Waals surface area (Å²) >= 11 is 3.44. The predicted molar refractivity (Wildman–Crippen MR) is 118 cm³/mol. The van der Waals surface area contributed by atoms with E-state index in [0.29, 0.717) is 34.7 Å². The minimum absolute atomic E-state index is 0.0155. The van der Waals surface area contributed by atoms with Crippen LogP contribution < -0.4 is 19.7 Å². The Kier molecular flexibility index (Phi) is 6.96. The second-order valence-electron chi connectivity index (χ2n) is 6.58. The maximum Gasteiger partial charge on any atom is 0.335 e. The van der Waals surface area contributed by atoms with Gasteiger partial charge in [0.05, 0.1) is 18.9 Å². The molecule has 0 bridgehead atoms. The predicted octanol–water partition coefficient (Wildman–Crippen LogP) is 4.01. The fourth-order valence-corrected chi connectivity index (χ4v) is 3.34. The molecule has 1 aliphatic heterocycles. The molecule has 0 unspecified atom stereocenters. The van der Waals surface area contributed by atoms with Crippen molar-refractivity contribution in [3.05, 3.63) is 52.0 Å². The molecule has 0 aromatic heterocycles. The van der Waals surface area contributed by atoms with E-state index in [2.05, 4.69) is 21.2 Å². The number of urea groups is 1. The summed E-state index contributed by atoms with van der Waals surface area (Å²) in [7, 11) is 0. The number of imide groups is 2. The summed E-state index contributed by atoms with van der Waals surface area (Å²) in [6.07, 6.45) is 2.21. The van der Waals surface area contributed by atoms with E-state index in [-0.39, 0.29) is 17.0 Å². The number of aromatic hydroxyl groups is 1. The number of nitrogens with zero attached hydrogens (tertiary/aromatic N) is 1. The van der Waals surface area contributed by atoms with Gasteiger partial charge in [-0.3, -0.25) is 14.9 Å². The van der Waals surface area contributed by atoms with Crippen molar-refractivity contribution >= 4 is 45.5 Å². The number of hydrogen-bond donors (Lipinski definition) is 2. The average Bonchev–Trinajstić information content (AvgIpc) is 2.73. The van der Waals surface area contributed by atoms with E-state index in [1.165, 1.54) is 30.3 Å². The SMILES string of the molecule is CCCOc1cc(Br)c(C=C2C(=O)NC(=O)N(c3ccc(O)cc3)C2=O)cc1OCC. The van der Waals surface area contributed by atoms with Gasteiger partial charge in [-0.25, -0.2) is 9.69 Å². The molecule has 4 amide bonds. The Bertz CT molecular complexity index is 1050. The lowest BCUT2D eigenvalue weighted by Crippen LogP contribution is -2.54. The number of benzene rings is 2. The molecular formula is C22H21BrN2O6. The van der Waals surface area contributed by atoms with E-state index in [0.717, 1.165) is 11.3 Å². The third-order valence-corrected chi connectivity index (χ3v) is 5.02. The van der Waals surface area contributed by atoms with E-state index < -0.39 is 17.8 Å². The molecule has 2 N–H and O–H groups in total. The van der Waals surface area contributed by atoms with Crippen LogP contribution >= 0.6 is 15.9 Å². The van der Waals surface area contributed by atoms with Crippen LogP contribution in [0.4, 0.5) is 10.5 Å². The maximum atomic E-state index is 13.0. The number of amides is 4. The summed E-state index contributed by atoms with van der Waals surface area (Å²) in [4.78, 5) is 38.6. The smallest absolute Gasteiger partial charge is 0.335 e. The zero-order valence-electron chi connectivity index (χ0n) is 17.0. The maximum absolute atomic E-state index is 13.0. The first-order valence-electron chi connectivity index (χ1n) is 9.65. The van der Waals surface area contributed by atoms with E-state index >= 15 is 0 Å². The third-order valence-electron chi connectivity index (χ3n) is 4.33. The molecule has 3 rings (SSSR count). The van der Waals surface area contributed by atoms with Crippen molar-refractivity contribution in [1.29, 1.82) is 0 Å². The van der Waals surface area contributed by atoms with Crippen molar-refractivity contribution in [3.63, 3.8) is 0 Å². The molecule has 1 saturated heterocycles. The van der Waals surface area contributed by atoms with Gasteiger partial charge in [-0.15, -0.1) is 0 Å². The molecule has 2 aromatic carbocycles. The highest BCUT2D eigenvalue weighted by Gasteiger charge is 2.37. The number of halogens is 1. The molecule has 0 radical (unpaired) electrons. The first-order chi connectivity index (χ1) is 14.8. The molecule has 1 aliphatic rings. The van der Waals surface area contributed by atoms with Gasteiger partial charge < -0.3 is 14.6 Å². The minimum Gasteiger partial charge on any atom is -0.508 e. The van der Waals surface area contributed by atoms with Crippen molar-refractivity contribution < 1.29 is 29.0 Å². The highest BCUT2D eigenvalue weighted by molar-refractivity contribution is 9.10. The van der Waals surface area contributed by atoms with Gasteiger partial charge in [-0.2, -0.15) is 0 Å². The number of carbonyl (C=O) groups excluding carboxylic acids is 3. The molecule has 1 heterocycles. The Balaban J connectivity index is 2.01. The van der Waals surface area contributed by atoms with Crippen molar-refractivity contribution in [2.45, 2.75) is 20.3 Å². The lowest BCUT2D eigenvalue weighted by molar-refractivity contribution is -0.122. The molecule has 0 spiro atoms. The summed E-state index contributed by atoms with van der Waals surface area (Å²) in [5, 5.41) is 11.6. The van der Waals surface area contributed by atoms with Crippen LogP contribution in [-0.2, 0) is 9.59 Å². The lowest BCUT2D eigenvalue weighted by atomic mass is 10.1. The van der Waals surface area contributed by atoms with Crippen LogP contribution in [0.1, 0.15) is 25.8 Å². The number of barbiturate groups is 1. The topological polar surface area (TPSA) is 105 Å². The fourth-order valence-electron chi connectivity index (χ4n) is 2.90. The molecule has 1 fully saturated rings. The lowest BCUT2D eigenvalue weighted by Gasteiger charge is -2.26. The van der Waals surface area contributed by atoms with E-state index in [1.54, 1.807) is 12.1 Å². The Labute approximate surface area is 187 Å². The Morgan fingerprint density at radius 2 is 1.74 bits per heavy atom. The van der Waals surface area contributed by atoms with Gasteiger partial charge in [0.15, 0.2) is 11.5 Å². The van der Waals surface area contributed by atoms with Gasteiger partial charge in [-0.05, 0) is 61.4 Å². The standard InChI is InChI=1S/C22H21BrN2O6/c1-3-9-31-19-12-17(23)13(11-18(19)30-4-2)10-16-20(27)24-22(29)25(21(16)28)14-5-7-15(26)8-6-14/h5-8,10-12,26H,3-4,9H2,1-2H3,(H,24,27,29). The fraction of sp³-hybridized carbons (Fsp3) is 0.227. The van der Waals surface area contributed by atoms with Crippen molar-refractivity contribution in [1.82, 2.24) is 5.32 Å². The number of nitrogens with one attached hydrogen (secondary N) is 1. The van der Waals surface area contributed by atoms with Gasteiger partial charge in [0.2, 0.25) is 0 Å². The van der Waals surface area contributed by atoms with Crippen molar-refractivity contribution in [3.8, 4) is 17.2 Å². The molecule has 0 aliphatic carbocycles. The molecule has 2 aromatic rings. The molecular weight excluding hydrogens is 468 g/mol. The number of phenolic OH excluding ortho intramolecular Hbond substituents is 1. The quantitative estimate of drug-likeness (QED) is 0.450. The number of carbonyl (C=O) groups is 3. The molecule has 8 nitrogen and oxygen atoms in total. The minimum atomic E-state index is -0.866. The summed E-state index contributed by atoms with van der Waals surface area (Å²) in [5.74, 6) is -0.589. The first-order valence-corrected chi connectivity index (χ1v) is 10.4. The Morgan fingerprint density at radius 3 is 2.39 bits per heavy atom. The van der Waals surface area contributed by atoms with E-state index in [4.69, 9.17) is 9.47 Å². The molecule has 9 heteroatoms. The summed E-state index contributed by atoms with van der Waals surface area (Å²) in [6.45, 7) is 4.74. The Morgan fingerprint density at radius 1 is 1.06 bits per heavy atom. The number of ether oxygens (including phenoxy) is 2. The molecule has 162 valence electrons. The van der Waals surface area contributed by atoms with Crippen LogP contribution in [0.25, 0.3) is 6.08 Å². The average molecular weight is 489 g/mol. The van der Waals surface area contributed by atoms with Gasteiger partial charge >= 0.3 is 6.03 Å². The van der Waals surface area contributed by atoms with Gasteiger partial charge in [0, 0.05) is 4.47 Å². The van der Waals surface area contributed by atoms with Crippen LogP contribution in [-0.4, -0.2) is 36.2 Å². The van der Waals surface area contributed by atoms with Crippen LogP contribution in [0.3, 0.4) is 0 Å². The highest BCUT2D eigenvalue weighted by Crippen LogP contribution is 2.35. The zero-order valence-corrected chi connectivity index (χ0v) is 18.6. The Hall–Kier alpha value is -3.33. The summed E-state index contributed by atoms with van der Waals surface area (Å²) < 4.78 is 11.9.